The average molecular weight is 320 g/mol. The van der Waals surface area contributed by atoms with Crippen LogP contribution >= 0.6 is 0 Å². The smallest absolute Gasteiger partial charge is 0.165 e. The normalized spacial score (nSPS) is 27.2. The van der Waals surface area contributed by atoms with E-state index in [9.17, 15) is 0 Å². The lowest BCUT2D eigenvalue weighted by Gasteiger charge is -2.37. The zero-order valence-corrected chi connectivity index (χ0v) is 13.4. The summed E-state index contributed by atoms with van der Waals surface area (Å²) in [6, 6.07) is 15.8. The second-order valence-electron chi connectivity index (χ2n) is 6.20. The second-order valence-corrected chi connectivity index (χ2v) is 6.20. The van der Waals surface area contributed by atoms with Gasteiger partial charge in [0.25, 0.3) is 0 Å². The molecule has 0 amide bonds. The van der Waals surface area contributed by atoms with Crippen LogP contribution in [0, 0.1) is 0 Å². The number of benzene rings is 2. The minimum absolute atomic E-state index is 0.688. The van der Waals surface area contributed by atoms with E-state index >= 15 is 0 Å². The molecule has 2 aliphatic heterocycles. The Morgan fingerprint density at radius 1 is 0.875 bits per heavy atom. The molecule has 24 heavy (non-hydrogen) atoms. The van der Waals surface area contributed by atoms with Crippen molar-refractivity contribution in [2.75, 3.05) is 17.7 Å². The molecule has 2 atom stereocenters. The molecule has 6 N–H and O–H groups in total. The van der Waals surface area contributed by atoms with Crippen molar-refractivity contribution in [3.63, 3.8) is 0 Å². The Hall–Kier alpha value is -2.76. The van der Waals surface area contributed by atoms with Gasteiger partial charge in [-0.3, -0.25) is 0 Å². The molecule has 0 saturated carbocycles. The highest BCUT2D eigenvalue weighted by Gasteiger charge is 2.38. The van der Waals surface area contributed by atoms with E-state index in [4.69, 9.17) is 16.2 Å². The van der Waals surface area contributed by atoms with E-state index in [0.717, 1.165) is 22.5 Å². The van der Waals surface area contributed by atoms with Gasteiger partial charge in [-0.2, -0.15) is 0 Å². The van der Waals surface area contributed by atoms with E-state index in [-0.39, 0.29) is 0 Å². The number of methoxy groups -OCH3 is 1. The first kappa shape index (κ1) is 14.8. The molecule has 2 aromatic rings. The summed E-state index contributed by atoms with van der Waals surface area (Å²) in [5, 5.41) is 6.77. The molecular formula is C19H20N4O. The molecule has 4 bridgehead atoms. The first-order chi connectivity index (χ1) is 11.5. The van der Waals surface area contributed by atoms with Crippen LogP contribution in [0.5, 0.6) is 5.75 Å². The first-order valence-corrected chi connectivity index (χ1v) is 7.83. The Balaban J connectivity index is 1.94. The van der Waals surface area contributed by atoms with Crippen molar-refractivity contribution in [1.29, 1.82) is 0 Å². The summed E-state index contributed by atoms with van der Waals surface area (Å²) < 4.78 is 5.58. The van der Waals surface area contributed by atoms with Crippen molar-refractivity contribution >= 4 is 16.9 Å². The van der Waals surface area contributed by atoms with Gasteiger partial charge in [0.05, 0.1) is 18.5 Å². The Morgan fingerprint density at radius 3 is 2.29 bits per heavy atom. The number of hydrogen-bond donors (Lipinski definition) is 4. The van der Waals surface area contributed by atoms with Crippen molar-refractivity contribution in [3.8, 4) is 5.75 Å². The van der Waals surface area contributed by atoms with Crippen LogP contribution in [-0.4, -0.2) is 18.4 Å². The Bertz CT molecular complexity index is 846. The number of anilines is 2. The molecule has 1 aliphatic carbocycles. The van der Waals surface area contributed by atoms with Gasteiger partial charge < -0.3 is 26.8 Å². The average Bonchev–Trinajstić information content (AvgIpc) is 2.61. The van der Waals surface area contributed by atoms with Crippen LogP contribution in [-0.2, 0) is 0 Å². The molecule has 0 radical (unpaired) electrons. The monoisotopic (exact) mass is 320 g/mol. The number of para-hydroxylation sites is 1. The van der Waals surface area contributed by atoms with Crippen LogP contribution in [0.3, 0.4) is 0 Å². The predicted molar refractivity (Wildman–Crippen MR) is 97.6 cm³/mol. The number of ether oxygens (including phenoxy) is 1. The summed E-state index contributed by atoms with van der Waals surface area (Å²) in [5.41, 5.74) is 15.1. The molecule has 5 heteroatoms. The molecule has 3 aliphatic rings. The lowest BCUT2D eigenvalue weighted by molar-refractivity contribution is 0.417. The molecule has 0 spiro atoms. The SMILES string of the molecule is COc1c2cccc1NC1(N)C=CC(N)(C=C1c1ccccc1)N2. The van der Waals surface area contributed by atoms with Gasteiger partial charge in [0.2, 0.25) is 0 Å². The summed E-state index contributed by atoms with van der Waals surface area (Å²) in [6.45, 7) is 0. The zero-order chi connectivity index (χ0) is 16.8. The topological polar surface area (TPSA) is 85.3 Å². The first-order valence-electron chi connectivity index (χ1n) is 7.83. The molecule has 0 fully saturated rings. The fraction of sp³-hybridized carbons (Fsp3) is 0.158. The van der Waals surface area contributed by atoms with Crippen LogP contribution in [0.4, 0.5) is 11.4 Å². The van der Waals surface area contributed by atoms with Crippen LogP contribution in [0.1, 0.15) is 5.56 Å². The largest absolute Gasteiger partial charge is 0.492 e. The van der Waals surface area contributed by atoms with E-state index in [0.29, 0.717) is 5.75 Å². The molecule has 0 saturated heterocycles. The lowest BCUT2D eigenvalue weighted by atomic mass is 9.84. The van der Waals surface area contributed by atoms with Gasteiger partial charge in [-0.05, 0) is 35.9 Å². The zero-order valence-electron chi connectivity index (χ0n) is 13.4. The summed E-state index contributed by atoms with van der Waals surface area (Å²) in [6.07, 6.45) is 5.74. The van der Waals surface area contributed by atoms with Crippen molar-refractivity contribution in [3.05, 3.63) is 72.3 Å². The quantitative estimate of drug-likeness (QED) is 0.639. The Kier molecular flexibility index (Phi) is 3.16. The summed E-state index contributed by atoms with van der Waals surface area (Å²) in [7, 11) is 1.64. The van der Waals surface area contributed by atoms with Crippen LogP contribution in [0.15, 0.2) is 66.8 Å². The maximum absolute atomic E-state index is 6.73. The van der Waals surface area contributed by atoms with E-state index in [1.165, 1.54) is 0 Å². The number of nitrogens with one attached hydrogen (secondary N) is 2. The van der Waals surface area contributed by atoms with Gasteiger partial charge in [0.15, 0.2) is 5.75 Å². The van der Waals surface area contributed by atoms with Crippen molar-refractivity contribution in [2.45, 2.75) is 11.3 Å². The molecule has 122 valence electrons. The minimum atomic E-state index is -0.887. The Labute approximate surface area is 141 Å². The lowest BCUT2D eigenvalue weighted by Crippen LogP contribution is -2.53. The summed E-state index contributed by atoms with van der Waals surface area (Å²) in [5.74, 6) is 0.688. The third-order valence-corrected chi connectivity index (χ3v) is 4.45. The second kappa shape index (κ2) is 5.12. The predicted octanol–water partition coefficient (Wildman–Crippen LogP) is 2.50. The molecule has 2 heterocycles. The standard InChI is InChI=1S/C19H20N4O/c1-24-17-15-8-5-9-16(17)23-19(21)11-10-18(20,22-15)12-14(19)13-6-3-2-4-7-13/h2-12,22-23H,20-21H2,1H3. The van der Waals surface area contributed by atoms with E-state index in [1.54, 1.807) is 7.11 Å². The summed E-state index contributed by atoms with van der Waals surface area (Å²) >= 11 is 0. The molecular weight excluding hydrogens is 300 g/mol. The van der Waals surface area contributed by atoms with E-state index < -0.39 is 11.3 Å². The maximum Gasteiger partial charge on any atom is 0.165 e. The molecule has 5 nitrogen and oxygen atoms in total. The van der Waals surface area contributed by atoms with Crippen molar-refractivity contribution in [1.82, 2.24) is 0 Å². The van der Waals surface area contributed by atoms with Crippen LogP contribution in [0.25, 0.3) is 5.57 Å². The molecule has 0 aromatic heterocycles. The number of hydrogen-bond acceptors (Lipinski definition) is 5. The van der Waals surface area contributed by atoms with Gasteiger partial charge in [-0.1, -0.05) is 36.4 Å². The van der Waals surface area contributed by atoms with Crippen molar-refractivity contribution < 1.29 is 4.74 Å². The van der Waals surface area contributed by atoms with Gasteiger partial charge in [-0.25, -0.2) is 0 Å². The number of rotatable bonds is 2. The summed E-state index contributed by atoms with van der Waals surface area (Å²) in [4.78, 5) is 0. The minimum Gasteiger partial charge on any atom is -0.492 e. The van der Waals surface area contributed by atoms with Gasteiger partial charge in [0.1, 0.15) is 11.3 Å². The van der Waals surface area contributed by atoms with Gasteiger partial charge >= 0.3 is 0 Å². The molecule has 5 rings (SSSR count). The highest BCUT2D eigenvalue weighted by molar-refractivity contribution is 5.85. The van der Waals surface area contributed by atoms with E-state index in [2.05, 4.69) is 10.6 Å². The third-order valence-electron chi connectivity index (χ3n) is 4.45. The van der Waals surface area contributed by atoms with Crippen LogP contribution < -0.4 is 26.8 Å². The van der Waals surface area contributed by atoms with Gasteiger partial charge in [0, 0.05) is 5.57 Å². The van der Waals surface area contributed by atoms with E-state index in [1.807, 2.05) is 66.8 Å². The van der Waals surface area contributed by atoms with Gasteiger partial charge in [-0.15, -0.1) is 0 Å². The Morgan fingerprint density at radius 2 is 1.58 bits per heavy atom. The highest BCUT2D eigenvalue weighted by atomic mass is 16.5. The fourth-order valence-electron chi connectivity index (χ4n) is 3.30. The third kappa shape index (κ3) is 2.26. The molecule has 2 aromatic carbocycles. The maximum atomic E-state index is 6.73. The highest BCUT2D eigenvalue weighted by Crippen LogP contribution is 2.42. The van der Waals surface area contributed by atoms with Crippen molar-refractivity contribution in [2.24, 2.45) is 11.5 Å². The number of nitrogens with two attached hydrogens (primary N) is 2. The molecule has 2 unspecified atom stereocenters. The van der Waals surface area contributed by atoms with Crippen LogP contribution in [0.2, 0.25) is 0 Å². The fourth-order valence-corrected chi connectivity index (χ4v) is 3.30.